The largest absolute Gasteiger partial charge is 0.423 e. The first-order chi connectivity index (χ1) is 13.7. The van der Waals surface area contributed by atoms with E-state index in [1.165, 1.54) is 33.9 Å². The number of esters is 2. The van der Waals surface area contributed by atoms with Gasteiger partial charge in [-0.1, -0.05) is 43.6 Å². The zero-order valence-corrected chi connectivity index (χ0v) is 24.3. The molecule has 2 aromatic carbocycles. The first kappa shape index (κ1) is 25.4. The Bertz CT molecular complexity index is 880. The molecule has 0 saturated heterocycles. The van der Waals surface area contributed by atoms with Gasteiger partial charge in [-0.25, -0.2) is 9.59 Å². The van der Waals surface area contributed by atoms with Crippen molar-refractivity contribution in [3.8, 4) is 11.5 Å². The van der Waals surface area contributed by atoms with E-state index in [-0.39, 0.29) is 0 Å². The van der Waals surface area contributed by atoms with Crippen LogP contribution in [0, 0.1) is 0 Å². The zero-order chi connectivity index (χ0) is 21.6. The van der Waals surface area contributed by atoms with Gasteiger partial charge in [0.25, 0.3) is 0 Å². The fourth-order valence-electron chi connectivity index (χ4n) is 1.89. The average Bonchev–Trinajstić information content (AvgIpc) is 2.60. The van der Waals surface area contributed by atoms with Crippen molar-refractivity contribution >= 4 is 119 Å². The molecule has 0 aliphatic heterocycles. The molecule has 0 radical (unpaired) electrons. The van der Waals surface area contributed by atoms with Crippen molar-refractivity contribution in [3.05, 3.63) is 64.3 Å². The normalized spacial score (nSPS) is 11.2. The number of carbonyl (C=O) groups is 2. The maximum absolute atomic E-state index is 11.6. The minimum absolute atomic E-state index is 0.393. The predicted molar refractivity (Wildman–Crippen MR) is 135 cm³/mol. The summed E-state index contributed by atoms with van der Waals surface area (Å²) < 4.78 is 13.4. The minimum atomic E-state index is -0.494. The Hall–Kier alpha value is 0.0900. The maximum Gasteiger partial charge on any atom is 0.336 e. The molecule has 0 heterocycles. The topological polar surface area (TPSA) is 52.6 Å². The van der Waals surface area contributed by atoms with Crippen LogP contribution in [0.25, 0.3) is 0 Å². The molecule has 0 atom stereocenters. The molecule has 0 aliphatic carbocycles. The molecule has 0 aliphatic rings. The summed E-state index contributed by atoms with van der Waals surface area (Å²) in [7, 11) is 0. The van der Waals surface area contributed by atoms with Crippen LogP contribution in [0.15, 0.2) is 74.1 Å². The van der Waals surface area contributed by atoms with E-state index in [4.69, 9.17) is 9.47 Å². The number of rotatable bonds is 6. The molecule has 0 fully saturated rings. The maximum atomic E-state index is 11.6. The Morgan fingerprint density at radius 1 is 0.690 bits per heavy atom. The molecule has 0 N–H and O–H groups in total. The summed E-state index contributed by atoms with van der Waals surface area (Å²) in [6.45, 7) is 0. The van der Waals surface area contributed by atoms with E-state index in [0.717, 1.165) is 27.7 Å². The van der Waals surface area contributed by atoms with E-state index >= 15 is 0 Å². The zero-order valence-electron chi connectivity index (χ0n) is 13.9. The highest BCUT2D eigenvalue weighted by Gasteiger charge is 2.17. The second-order valence-corrected chi connectivity index (χ2v) is 10.5. The molecule has 0 saturated carbocycles. The van der Waals surface area contributed by atoms with Gasteiger partial charge in [0.2, 0.25) is 0 Å². The van der Waals surface area contributed by atoms with Crippen molar-refractivity contribution < 1.29 is 19.1 Å². The molecular formula is C18H8Br6O4S. The molecule has 0 aromatic heterocycles. The third kappa shape index (κ3) is 7.62. The summed E-state index contributed by atoms with van der Waals surface area (Å²) in [5.74, 6) is -0.203. The van der Waals surface area contributed by atoms with Crippen molar-refractivity contribution in [1.29, 1.82) is 0 Å². The Balaban J connectivity index is 2.29. The number of carbonyl (C=O) groups excluding carboxylic acids is 2. The first-order valence-corrected chi connectivity index (χ1v) is 13.2. The van der Waals surface area contributed by atoms with Crippen LogP contribution >= 0.6 is 107 Å². The molecule has 0 bridgehead atoms. The summed E-state index contributed by atoms with van der Waals surface area (Å²) in [5, 5.41) is 0. The van der Waals surface area contributed by atoms with Crippen LogP contribution in [0.5, 0.6) is 11.5 Å². The summed E-state index contributed by atoms with van der Waals surface area (Å²) in [6.07, 6.45) is 2.53. The Labute approximate surface area is 221 Å². The van der Waals surface area contributed by atoms with E-state index in [0.29, 0.717) is 11.5 Å². The number of benzene rings is 2. The van der Waals surface area contributed by atoms with E-state index in [1.807, 2.05) is 0 Å². The Kier molecular flexibility index (Phi) is 10.7. The van der Waals surface area contributed by atoms with Gasteiger partial charge in [-0.05, 0) is 98.0 Å². The minimum Gasteiger partial charge on any atom is -0.423 e. The van der Waals surface area contributed by atoms with Crippen molar-refractivity contribution in [2.45, 2.75) is 9.79 Å². The molecule has 0 unspecified atom stereocenters. The molecule has 2 rings (SSSR count). The van der Waals surface area contributed by atoms with Gasteiger partial charge in [0.1, 0.15) is 11.5 Å². The fraction of sp³-hybridized carbons (Fsp3) is 0. The molecule has 2 aromatic rings. The van der Waals surface area contributed by atoms with Crippen molar-refractivity contribution in [2.75, 3.05) is 0 Å². The van der Waals surface area contributed by atoms with Gasteiger partial charge in [0.15, 0.2) is 0 Å². The van der Waals surface area contributed by atoms with Gasteiger partial charge >= 0.3 is 11.9 Å². The SMILES string of the molecule is O=C(C=CBr)Oc1cc(Br)c(Sc2c(Br)cc(OC(=O)C=CBr)cc2Br)c(Br)c1. The third-order valence-electron chi connectivity index (χ3n) is 2.98. The van der Waals surface area contributed by atoms with Crippen LogP contribution in [0.3, 0.4) is 0 Å². The van der Waals surface area contributed by atoms with Gasteiger partial charge in [0, 0.05) is 39.8 Å². The van der Waals surface area contributed by atoms with Gasteiger partial charge in [-0.2, -0.15) is 0 Å². The molecule has 152 valence electrons. The van der Waals surface area contributed by atoms with Crippen molar-refractivity contribution in [3.63, 3.8) is 0 Å². The van der Waals surface area contributed by atoms with Crippen LogP contribution < -0.4 is 9.47 Å². The first-order valence-electron chi connectivity index (χ1n) is 7.38. The third-order valence-corrected chi connectivity index (χ3v) is 8.35. The highest BCUT2D eigenvalue weighted by molar-refractivity contribution is 9.12. The number of halogens is 6. The lowest BCUT2D eigenvalue weighted by atomic mass is 10.3. The highest BCUT2D eigenvalue weighted by Crippen LogP contribution is 2.47. The molecular weight excluding hydrogens is 792 g/mol. The van der Waals surface area contributed by atoms with E-state index < -0.39 is 11.9 Å². The number of hydrogen-bond donors (Lipinski definition) is 0. The highest BCUT2D eigenvalue weighted by atomic mass is 79.9. The van der Waals surface area contributed by atoms with Crippen LogP contribution in [-0.2, 0) is 9.59 Å². The van der Waals surface area contributed by atoms with E-state index in [2.05, 4.69) is 95.6 Å². The smallest absolute Gasteiger partial charge is 0.336 e. The summed E-state index contributed by atoms with van der Waals surface area (Å²) >= 11 is 21.6. The van der Waals surface area contributed by atoms with Crippen LogP contribution in [0.1, 0.15) is 0 Å². The summed E-state index contributed by atoms with van der Waals surface area (Å²) in [4.78, 5) is 27.8. The quantitative estimate of drug-likeness (QED) is 0.167. The number of ether oxygens (including phenoxy) is 2. The van der Waals surface area contributed by atoms with E-state index in [1.54, 1.807) is 24.3 Å². The van der Waals surface area contributed by atoms with Gasteiger partial charge in [-0.3, -0.25) is 0 Å². The lowest BCUT2D eigenvalue weighted by Gasteiger charge is -2.13. The Morgan fingerprint density at radius 3 is 1.28 bits per heavy atom. The van der Waals surface area contributed by atoms with E-state index in [9.17, 15) is 9.59 Å². The standard InChI is InChI=1S/C18H8Br6O4S/c19-3-1-15(25)27-9-5-11(21)17(12(22)6-9)29-18-13(23)7-10(8-14(18)24)28-16(26)2-4-20/h1-8H. The summed E-state index contributed by atoms with van der Waals surface area (Å²) in [5.41, 5.74) is 0. The molecule has 29 heavy (non-hydrogen) atoms. The number of hydrogen-bond acceptors (Lipinski definition) is 5. The second-order valence-electron chi connectivity index (χ2n) is 4.96. The molecule has 11 heteroatoms. The van der Waals surface area contributed by atoms with Crippen molar-refractivity contribution in [2.24, 2.45) is 0 Å². The molecule has 0 spiro atoms. The summed E-state index contributed by atoms with van der Waals surface area (Å²) in [6, 6.07) is 6.82. The Morgan fingerprint density at radius 2 is 1.00 bits per heavy atom. The van der Waals surface area contributed by atoms with Crippen molar-refractivity contribution in [1.82, 2.24) is 0 Å². The van der Waals surface area contributed by atoms with Crippen LogP contribution in [0.4, 0.5) is 0 Å². The lowest BCUT2D eigenvalue weighted by molar-refractivity contribution is -0.129. The lowest BCUT2D eigenvalue weighted by Crippen LogP contribution is -2.03. The fourth-order valence-corrected chi connectivity index (χ4v) is 6.41. The monoisotopic (exact) mass is 794 g/mol. The predicted octanol–water partition coefficient (Wildman–Crippen LogP) is 8.52. The van der Waals surface area contributed by atoms with Crippen LogP contribution in [0.2, 0.25) is 0 Å². The molecule has 0 amide bonds. The van der Waals surface area contributed by atoms with Gasteiger partial charge in [0.05, 0.1) is 0 Å². The van der Waals surface area contributed by atoms with Crippen LogP contribution in [-0.4, -0.2) is 11.9 Å². The average molecular weight is 800 g/mol. The van der Waals surface area contributed by atoms with Gasteiger partial charge < -0.3 is 9.47 Å². The molecule has 4 nitrogen and oxygen atoms in total. The van der Waals surface area contributed by atoms with Gasteiger partial charge in [-0.15, -0.1) is 0 Å². The second kappa shape index (κ2) is 12.2.